The molecular formula is C5H9F3N2O2S. The molecule has 0 bridgehead atoms. The Kier molecular flexibility index (Phi) is 2.83. The number of alkyl halides is 3. The summed E-state index contributed by atoms with van der Waals surface area (Å²) < 4.78 is 59.8. The molecule has 1 heterocycles. The van der Waals surface area contributed by atoms with Gasteiger partial charge in [0.1, 0.15) is 0 Å². The maximum absolute atomic E-state index is 12.9. The van der Waals surface area contributed by atoms with Crippen LogP contribution in [-0.4, -0.2) is 44.4 Å². The SMILES string of the molecule is CS(=O)(=O)N1CC(F)NC(F)C1F. The van der Waals surface area contributed by atoms with Crippen LogP contribution in [0.25, 0.3) is 0 Å². The van der Waals surface area contributed by atoms with E-state index in [4.69, 9.17) is 0 Å². The van der Waals surface area contributed by atoms with Gasteiger partial charge in [0.25, 0.3) is 0 Å². The summed E-state index contributed by atoms with van der Waals surface area (Å²) in [5.41, 5.74) is 0. The third kappa shape index (κ3) is 2.32. The minimum Gasteiger partial charge on any atom is -0.253 e. The van der Waals surface area contributed by atoms with Gasteiger partial charge in [-0.1, -0.05) is 0 Å². The maximum atomic E-state index is 12.9. The fraction of sp³-hybridized carbons (Fsp3) is 1.00. The summed E-state index contributed by atoms with van der Waals surface area (Å²) in [5.74, 6) is 0. The van der Waals surface area contributed by atoms with Crippen LogP contribution in [0.4, 0.5) is 13.2 Å². The van der Waals surface area contributed by atoms with Crippen molar-refractivity contribution < 1.29 is 21.6 Å². The summed E-state index contributed by atoms with van der Waals surface area (Å²) in [7, 11) is -3.90. The quantitative estimate of drug-likeness (QED) is 0.617. The van der Waals surface area contributed by atoms with Crippen LogP contribution in [-0.2, 0) is 10.0 Å². The zero-order chi connectivity index (χ0) is 10.2. The highest BCUT2D eigenvalue weighted by molar-refractivity contribution is 7.88. The minimum absolute atomic E-state index is 0.152. The second kappa shape index (κ2) is 3.43. The molecule has 1 saturated heterocycles. The molecule has 0 amide bonds. The van der Waals surface area contributed by atoms with Crippen molar-refractivity contribution in [3.8, 4) is 0 Å². The minimum atomic E-state index is -3.90. The zero-order valence-corrected chi connectivity index (χ0v) is 7.56. The van der Waals surface area contributed by atoms with Crippen molar-refractivity contribution in [2.24, 2.45) is 0 Å². The van der Waals surface area contributed by atoms with E-state index in [1.807, 2.05) is 0 Å². The van der Waals surface area contributed by atoms with Crippen LogP contribution in [0.5, 0.6) is 0 Å². The van der Waals surface area contributed by atoms with Gasteiger partial charge in [0, 0.05) is 0 Å². The van der Waals surface area contributed by atoms with Crippen molar-refractivity contribution in [2.75, 3.05) is 12.8 Å². The van der Waals surface area contributed by atoms with Gasteiger partial charge in [-0.25, -0.2) is 21.6 Å². The van der Waals surface area contributed by atoms with Crippen molar-refractivity contribution in [3.05, 3.63) is 0 Å². The second-order valence-electron chi connectivity index (χ2n) is 2.74. The molecule has 0 spiro atoms. The fourth-order valence-electron chi connectivity index (χ4n) is 1.03. The first-order valence-electron chi connectivity index (χ1n) is 3.47. The van der Waals surface area contributed by atoms with E-state index in [0.717, 1.165) is 0 Å². The van der Waals surface area contributed by atoms with E-state index in [2.05, 4.69) is 0 Å². The predicted molar refractivity (Wildman–Crippen MR) is 39.4 cm³/mol. The standard InChI is InChI=1S/C5H9F3N2O2S/c1-13(11,12)10-2-3(6)9-4(7)5(10)8/h3-5,9H,2H2,1H3. The van der Waals surface area contributed by atoms with E-state index in [1.54, 1.807) is 5.32 Å². The van der Waals surface area contributed by atoms with Gasteiger partial charge in [0.2, 0.25) is 16.3 Å². The molecule has 8 heteroatoms. The third-order valence-corrected chi connectivity index (χ3v) is 2.83. The van der Waals surface area contributed by atoms with Gasteiger partial charge in [-0.2, -0.15) is 4.31 Å². The van der Waals surface area contributed by atoms with Crippen LogP contribution >= 0.6 is 0 Å². The van der Waals surface area contributed by atoms with Crippen LogP contribution < -0.4 is 5.32 Å². The summed E-state index contributed by atoms with van der Waals surface area (Å²) >= 11 is 0. The lowest BCUT2D eigenvalue weighted by molar-refractivity contribution is -0.0258. The van der Waals surface area contributed by atoms with Crippen molar-refractivity contribution in [1.82, 2.24) is 9.62 Å². The molecule has 0 aliphatic carbocycles. The van der Waals surface area contributed by atoms with E-state index < -0.39 is 35.5 Å². The molecule has 1 aliphatic heterocycles. The first kappa shape index (κ1) is 10.7. The Hall–Kier alpha value is -0.340. The third-order valence-electron chi connectivity index (χ3n) is 1.62. The van der Waals surface area contributed by atoms with Crippen LogP contribution in [0, 0.1) is 0 Å². The molecule has 3 atom stereocenters. The Labute approximate surface area is 73.8 Å². The fourth-order valence-corrected chi connectivity index (χ4v) is 1.90. The molecule has 0 radical (unpaired) electrons. The van der Waals surface area contributed by atoms with Gasteiger partial charge < -0.3 is 0 Å². The lowest BCUT2D eigenvalue weighted by Crippen LogP contribution is -2.59. The number of hydrogen-bond acceptors (Lipinski definition) is 3. The van der Waals surface area contributed by atoms with Crippen molar-refractivity contribution in [3.63, 3.8) is 0 Å². The van der Waals surface area contributed by atoms with Crippen LogP contribution in [0.2, 0.25) is 0 Å². The smallest absolute Gasteiger partial charge is 0.213 e. The molecule has 0 aromatic carbocycles. The van der Waals surface area contributed by atoms with Crippen LogP contribution in [0.3, 0.4) is 0 Å². The first-order valence-corrected chi connectivity index (χ1v) is 5.32. The summed E-state index contributed by atoms with van der Waals surface area (Å²) in [4.78, 5) is 0. The van der Waals surface area contributed by atoms with E-state index >= 15 is 0 Å². The van der Waals surface area contributed by atoms with Gasteiger partial charge in [-0.3, -0.25) is 5.32 Å². The lowest BCUT2D eigenvalue weighted by atomic mass is 10.4. The molecule has 0 aromatic heterocycles. The Balaban J connectivity index is 2.84. The molecule has 78 valence electrons. The number of hydrogen-bond donors (Lipinski definition) is 1. The molecule has 3 unspecified atom stereocenters. The largest absolute Gasteiger partial charge is 0.253 e. The zero-order valence-electron chi connectivity index (χ0n) is 6.75. The van der Waals surface area contributed by atoms with Gasteiger partial charge in [-0.15, -0.1) is 0 Å². The number of halogens is 3. The number of nitrogens with one attached hydrogen (secondary N) is 1. The molecule has 0 aromatic rings. The molecule has 0 saturated carbocycles. The highest BCUT2D eigenvalue weighted by Gasteiger charge is 2.40. The van der Waals surface area contributed by atoms with E-state index in [0.29, 0.717) is 6.26 Å². The van der Waals surface area contributed by atoms with Gasteiger partial charge in [0.15, 0.2) is 12.6 Å². The summed E-state index contributed by atoms with van der Waals surface area (Å²) in [5, 5.41) is 1.62. The predicted octanol–water partition coefficient (Wildman–Crippen LogP) is -0.262. The Morgan fingerprint density at radius 2 is 1.92 bits per heavy atom. The summed E-state index contributed by atoms with van der Waals surface area (Å²) in [6, 6.07) is 0. The molecular weight excluding hydrogens is 209 g/mol. The summed E-state index contributed by atoms with van der Waals surface area (Å²) in [6.07, 6.45) is -5.86. The van der Waals surface area contributed by atoms with Crippen molar-refractivity contribution >= 4 is 10.0 Å². The lowest BCUT2D eigenvalue weighted by Gasteiger charge is -2.33. The molecule has 1 N–H and O–H groups in total. The number of nitrogens with zero attached hydrogens (tertiary/aromatic N) is 1. The van der Waals surface area contributed by atoms with Crippen LogP contribution in [0.1, 0.15) is 0 Å². The molecule has 4 nitrogen and oxygen atoms in total. The van der Waals surface area contributed by atoms with Crippen LogP contribution in [0.15, 0.2) is 0 Å². The molecule has 1 rings (SSSR count). The maximum Gasteiger partial charge on any atom is 0.213 e. The monoisotopic (exact) mass is 218 g/mol. The Morgan fingerprint density at radius 3 is 2.38 bits per heavy atom. The molecule has 13 heavy (non-hydrogen) atoms. The molecule has 1 fully saturated rings. The second-order valence-corrected chi connectivity index (χ2v) is 4.68. The topological polar surface area (TPSA) is 49.4 Å². The van der Waals surface area contributed by atoms with Gasteiger partial charge in [-0.05, 0) is 0 Å². The first-order chi connectivity index (χ1) is 5.82. The highest BCUT2D eigenvalue weighted by Crippen LogP contribution is 2.18. The van der Waals surface area contributed by atoms with Gasteiger partial charge >= 0.3 is 0 Å². The molecule has 1 aliphatic rings. The van der Waals surface area contributed by atoms with Crippen molar-refractivity contribution in [1.29, 1.82) is 0 Å². The summed E-state index contributed by atoms with van der Waals surface area (Å²) in [6.45, 7) is -0.708. The normalized spacial score (nSPS) is 37.7. The van der Waals surface area contributed by atoms with E-state index in [-0.39, 0.29) is 4.31 Å². The highest BCUT2D eigenvalue weighted by atomic mass is 32.2. The Morgan fingerprint density at radius 1 is 1.38 bits per heavy atom. The van der Waals surface area contributed by atoms with E-state index in [1.165, 1.54) is 0 Å². The average Bonchev–Trinajstić information content (AvgIpc) is 1.94. The van der Waals surface area contributed by atoms with E-state index in [9.17, 15) is 21.6 Å². The average molecular weight is 218 g/mol. The van der Waals surface area contributed by atoms with Crippen molar-refractivity contribution in [2.45, 2.75) is 18.9 Å². The Bertz CT molecular complexity index is 284. The number of sulfonamides is 1. The van der Waals surface area contributed by atoms with Gasteiger partial charge in [0.05, 0.1) is 12.8 Å². The number of piperazine rings is 1. The number of rotatable bonds is 1.